The smallest absolute Gasteiger partial charge is 0.162 e. The third kappa shape index (κ3) is 2.20. The van der Waals surface area contributed by atoms with Crippen LogP contribution in [0, 0.1) is 5.41 Å². The van der Waals surface area contributed by atoms with Crippen molar-refractivity contribution < 1.29 is 9.47 Å². The van der Waals surface area contributed by atoms with E-state index in [-0.39, 0.29) is 5.41 Å². The van der Waals surface area contributed by atoms with Gasteiger partial charge in [-0.25, -0.2) is 0 Å². The maximum absolute atomic E-state index is 6.21. The maximum Gasteiger partial charge on any atom is 0.162 e. The highest BCUT2D eigenvalue weighted by Gasteiger charge is 2.46. The Morgan fingerprint density at radius 2 is 1.89 bits per heavy atom. The van der Waals surface area contributed by atoms with Crippen LogP contribution in [0.4, 0.5) is 0 Å². The highest BCUT2D eigenvalue weighted by Crippen LogP contribution is 2.49. The normalized spacial score (nSPS) is 20.1. The van der Waals surface area contributed by atoms with Crippen molar-refractivity contribution in [1.82, 2.24) is 0 Å². The standard InChI is InChI=1S/C14H16ClNO2/c15-11-7-13-12(6-10(11)2-1-5-16)17-8-14(3-4-14)9-18-13/h1-2,6-7H,3-5,8-9,16H2/b2-1+. The van der Waals surface area contributed by atoms with Crippen LogP contribution in [0.2, 0.25) is 5.02 Å². The number of nitrogens with two attached hydrogens (primary N) is 1. The summed E-state index contributed by atoms with van der Waals surface area (Å²) in [5, 5.41) is 0.661. The first kappa shape index (κ1) is 11.9. The Labute approximate surface area is 112 Å². The van der Waals surface area contributed by atoms with E-state index >= 15 is 0 Å². The van der Waals surface area contributed by atoms with Gasteiger partial charge in [-0.3, -0.25) is 0 Å². The molecule has 2 aliphatic rings. The van der Waals surface area contributed by atoms with Crippen LogP contribution in [0.25, 0.3) is 6.08 Å². The molecule has 1 heterocycles. The van der Waals surface area contributed by atoms with Gasteiger partial charge < -0.3 is 15.2 Å². The molecule has 1 aliphatic heterocycles. The molecule has 1 fully saturated rings. The number of benzene rings is 1. The number of fused-ring (bicyclic) bond motifs is 1. The predicted octanol–water partition coefficient (Wildman–Crippen LogP) is 2.86. The van der Waals surface area contributed by atoms with Crippen molar-refractivity contribution in [3.05, 3.63) is 28.8 Å². The van der Waals surface area contributed by atoms with E-state index in [4.69, 9.17) is 26.8 Å². The fraction of sp³-hybridized carbons (Fsp3) is 0.429. The van der Waals surface area contributed by atoms with E-state index in [0.717, 1.165) is 30.3 Å². The van der Waals surface area contributed by atoms with Crippen molar-refractivity contribution in [2.24, 2.45) is 11.1 Å². The molecule has 0 amide bonds. The summed E-state index contributed by atoms with van der Waals surface area (Å²) in [6, 6.07) is 3.75. The minimum absolute atomic E-state index is 0.249. The zero-order chi connectivity index (χ0) is 12.6. The van der Waals surface area contributed by atoms with E-state index in [1.165, 1.54) is 12.8 Å². The van der Waals surface area contributed by atoms with E-state index in [9.17, 15) is 0 Å². The molecule has 3 rings (SSSR count). The molecule has 0 saturated heterocycles. The van der Waals surface area contributed by atoms with E-state index < -0.39 is 0 Å². The summed E-state index contributed by atoms with van der Waals surface area (Å²) in [5.41, 5.74) is 6.61. The van der Waals surface area contributed by atoms with Gasteiger partial charge in [0, 0.05) is 18.0 Å². The number of hydrogen-bond acceptors (Lipinski definition) is 3. The molecule has 18 heavy (non-hydrogen) atoms. The molecular weight excluding hydrogens is 250 g/mol. The number of hydrogen-bond donors (Lipinski definition) is 1. The van der Waals surface area contributed by atoms with Crippen molar-refractivity contribution in [3.63, 3.8) is 0 Å². The Morgan fingerprint density at radius 3 is 2.50 bits per heavy atom. The number of halogens is 1. The second kappa shape index (κ2) is 4.48. The summed E-state index contributed by atoms with van der Waals surface area (Å²) in [6.45, 7) is 1.96. The zero-order valence-corrected chi connectivity index (χ0v) is 10.9. The summed E-state index contributed by atoms with van der Waals surface area (Å²) in [5.74, 6) is 1.52. The van der Waals surface area contributed by atoms with E-state index in [0.29, 0.717) is 11.6 Å². The fourth-order valence-corrected chi connectivity index (χ4v) is 2.28. The first-order chi connectivity index (χ1) is 8.72. The first-order valence-corrected chi connectivity index (χ1v) is 6.56. The molecule has 1 aromatic carbocycles. The second-order valence-electron chi connectivity index (χ2n) is 5.04. The van der Waals surface area contributed by atoms with Crippen molar-refractivity contribution >= 4 is 17.7 Å². The van der Waals surface area contributed by atoms with Crippen LogP contribution in [0.15, 0.2) is 18.2 Å². The van der Waals surface area contributed by atoms with E-state index in [1.807, 2.05) is 24.3 Å². The fourth-order valence-electron chi connectivity index (χ4n) is 2.07. The topological polar surface area (TPSA) is 44.5 Å². The van der Waals surface area contributed by atoms with Gasteiger partial charge in [-0.15, -0.1) is 0 Å². The van der Waals surface area contributed by atoms with Gasteiger partial charge in [-0.05, 0) is 24.5 Å². The zero-order valence-electron chi connectivity index (χ0n) is 10.1. The lowest BCUT2D eigenvalue weighted by Crippen LogP contribution is -2.17. The van der Waals surface area contributed by atoms with Crippen LogP contribution in [-0.2, 0) is 0 Å². The lowest BCUT2D eigenvalue weighted by Gasteiger charge is -2.09. The van der Waals surface area contributed by atoms with Gasteiger partial charge in [0.1, 0.15) is 0 Å². The summed E-state index contributed by atoms with van der Waals surface area (Å²) in [4.78, 5) is 0. The third-order valence-electron chi connectivity index (χ3n) is 3.52. The van der Waals surface area contributed by atoms with Gasteiger partial charge >= 0.3 is 0 Å². The minimum Gasteiger partial charge on any atom is -0.489 e. The SMILES string of the molecule is NC/C=C/c1cc2c(cc1Cl)OCC1(CC1)CO2. The Balaban J connectivity index is 1.90. The maximum atomic E-state index is 6.21. The molecule has 1 aliphatic carbocycles. The van der Waals surface area contributed by atoms with Crippen molar-refractivity contribution in [2.75, 3.05) is 19.8 Å². The van der Waals surface area contributed by atoms with Crippen molar-refractivity contribution in [1.29, 1.82) is 0 Å². The number of ether oxygens (including phenoxy) is 2. The van der Waals surface area contributed by atoms with Crippen LogP contribution in [0.1, 0.15) is 18.4 Å². The molecule has 0 unspecified atom stereocenters. The second-order valence-corrected chi connectivity index (χ2v) is 5.44. The first-order valence-electron chi connectivity index (χ1n) is 6.18. The van der Waals surface area contributed by atoms with Crippen LogP contribution in [-0.4, -0.2) is 19.8 Å². The molecule has 0 radical (unpaired) electrons. The van der Waals surface area contributed by atoms with Gasteiger partial charge in [-0.2, -0.15) is 0 Å². The Kier molecular flexibility index (Phi) is 2.96. The molecular formula is C14H16ClNO2. The third-order valence-corrected chi connectivity index (χ3v) is 3.85. The highest BCUT2D eigenvalue weighted by atomic mass is 35.5. The van der Waals surface area contributed by atoms with Gasteiger partial charge in [0.2, 0.25) is 0 Å². The van der Waals surface area contributed by atoms with Gasteiger partial charge in [0.15, 0.2) is 11.5 Å². The van der Waals surface area contributed by atoms with Gasteiger partial charge in [0.25, 0.3) is 0 Å². The lowest BCUT2D eigenvalue weighted by atomic mass is 10.1. The molecule has 96 valence electrons. The van der Waals surface area contributed by atoms with Crippen LogP contribution in [0.5, 0.6) is 11.5 Å². The van der Waals surface area contributed by atoms with Crippen LogP contribution in [0.3, 0.4) is 0 Å². The summed E-state index contributed by atoms with van der Waals surface area (Å²) in [7, 11) is 0. The van der Waals surface area contributed by atoms with E-state index in [1.54, 1.807) is 0 Å². The Bertz CT molecular complexity index is 495. The molecule has 0 atom stereocenters. The minimum atomic E-state index is 0.249. The van der Waals surface area contributed by atoms with Gasteiger partial charge in [-0.1, -0.05) is 23.8 Å². The molecule has 2 N–H and O–H groups in total. The number of rotatable bonds is 2. The monoisotopic (exact) mass is 265 g/mol. The summed E-state index contributed by atoms with van der Waals surface area (Å²) >= 11 is 6.21. The van der Waals surface area contributed by atoms with Crippen LogP contribution >= 0.6 is 11.6 Å². The predicted molar refractivity (Wildman–Crippen MR) is 72.2 cm³/mol. The molecule has 0 bridgehead atoms. The molecule has 1 aromatic rings. The quantitative estimate of drug-likeness (QED) is 0.894. The van der Waals surface area contributed by atoms with Gasteiger partial charge in [0.05, 0.1) is 18.2 Å². The molecule has 3 nitrogen and oxygen atoms in total. The van der Waals surface area contributed by atoms with Crippen LogP contribution < -0.4 is 15.2 Å². The van der Waals surface area contributed by atoms with Crippen molar-refractivity contribution in [3.8, 4) is 11.5 Å². The largest absolute Gasteiger partial charge is 0.489 e. The average Bonchev–Trinajstić information content (AvgIpc) is 3.16. The summed E-state index contributed by atoms with van der Waals surface area (Å²) < 4.78 is 11.7. The Morgan fingerprint density at radius 1 is 1.22 bits per heavy atom. The Hall–Kier alpha value is -1.19. The lowest BCUT2D eigenvalue weighted by molar-refractivity contribution is 0.197. The molecule has 4 heteroatoms. The molecule has 1 spiro atoms. The van der Waals surface area contributed by atoms with E-state index in [2.05, 4.69) is 0 Å². The molecule has 0 aromatic heterocycles. The summed E-state index contributed by atoms with van der Waals surface area (Å²) in [6.07, 6.45) is 6.15. The highest BCUT2D eigenvalue weighted by molar-refractivity contribution is 6.32. The average molecular weight is 266 g/mol. The molecule has 1 saturated carbocycles. The van der Waals surface area contributed by atoms with Crippen molar-refractivity contribution in [2.45, 2.75) is 12.8 Å².